The first-order chi connectivity index (χ1) is 12.0. The van der Waals surface area contributed by atoms with Gasteiger partial charge in [0.1, 0.15) is 10.9 Å². The van der Waals surface area contributed by atoms with Crippen LogP contribution in [0.25, 0.3) is 0 Å². The lowest BCUT2D eigenvalue weighted by Gasteiger charge is -2.09. The Balaban J connectivity index is 1.71. The summed E-state index contributed by atoms with van der Waals surface area (Å²) in [7, 11) is 0. The number of guanidine groups is 1. The second-order valence-electron chi connectivity index (χ2n) is 6.07. The van der Waals surface area contributed by atoms with E-state index in [4.69, 9.17) is 5.26 Å². The summed E-state index contributed by atoms with van der Waals surface area (Å²) in [6.45, 7) is 5.59. The number of carbonyl (C=O) groups excluding carboxylic acids is 1. The van der Waals surface area contributed by atoms with Crippen LogP contribution in [0.2, 0.25) is 0 Å². The number of aliphatic imine (C=N–C) groups is 1. The van der Waals surface area contributed by atoms with E-state index in [0.717, 1.165) is 23.0 Å². The molecule has 1 aromatic heterocycles. The van der Waals surface area contributed by atoms with Gasteiger partial charge in [-0.3, -0.25) is 15.1 Å². The summed E-state index contributed by atoms with van der Waals surface area (Å²) in [4.78, 5) is 23.8. The molecule has 25 heavy (non-hydrogen) atoms. The number of amides is 1. The number of hydrogen-bond acceptors (Lipinski definition) is 5. The number of H-pyrrole nitrogens is 1. The maximum absolute atomic E-state index is 11.7. The number of nitrogens with zero attached hydrogens (tertiary/aromatic N) is 3. The van der Waals surface area contributed by atoms with Crippen molar-refractivity contribution in [3.05, 3.63) is 11.5 Å². The number of nitrogens with one attached hydrogen (secondary N) is 4. The zero-order valence-corrected chi connectivity index (χ0v) is 15.7. The van der Waals surface area contributed by atoms with E-state index < -0.39 is 0 Å². The zero-order valence-electron chi connectivity index (χ0n) is 14.8. The first-order valence-electron chi connectivity index (χ1n) is 8.35. The predicted molar refractivity (Wildman–Crippen MR) is 98.1 cm³/mol. The molecule has 2 atom stereocenters. The van der Waals surface area contributed by atoms with Crippen molar-refractivity contribution in [3.63, 3.8) is 0 Å². The Kier molecular flexibility index (Phi) is 7.13. The summed E-state index contributed by atoms with van der Waals surface area (Å²) in [5.41, 5.74) is 1.06. The van der Waals surface area contributed by atoms with Crippen molar-refractivity contribution in [1.29, 1.82) is 5.26 Å². The molecule has 2 unspecified atom stereocenters. The van der Waals surface area contributed by atoms with Gasteiger partial charge < -0.3 is 15.6 Å². The summed E-state index contributed by atoms with van der Waals surface area (Å²) in [6, 6.07) is 0. The lowest BCUT2D eigenvalue weighted by molar-refractivity contribution is -0.122. The maximum atomic E-state index is 11.7. The van der Waals surface area contributed by atoms with Crippen LogP contribution in [-0.2, 0) is 11.2 Å². The van der Waals surface area contributed by atoms with Gasteiger partial charge in [0.2, 0.25) is 11.9 Å². The van der Waals surface area contributed by atoms with E-state index in [1.807, 2.05) is 19.4 Å². The van der Waals surface area contributed by atoms with E-state index in [0.29, 0.717) is 37.9 Å². The number of aromatic amines is 1. The number of nitriles is 1. The van der Waals surface area contributed by atoms with Gasteiger partial charge in [0.25, 0.3) is 0 Å². The van der Waals surface area contributed by atoms with Gasteiger partial charge in [-0.2, -0.15) is 5.26 Å². The standard InChI is InChI=1S/C16H25N7OS/c1-10-8-12(10)14(24)18-6-7-20-16(21-9-17)19-5-4-13-22-11(2)15(23-13)25-3/h10,12H,4-8H2,1-3H3,(H,18,24)(H,22,23)(H2,19,20,21). The first kappa shape index (κ1) is 19.1. The molecule has 0 aliphatic heterocycles. The fraction of sp³-hybridized carbons (Fsp3) is 0.625. The van der Waals surface area contributed by atoms with E-state index in [2.05, 4.69) is 37.8 Å². The van der Waals surface area contributed by atoms with Crippen LogP contribution in [-0.4, -0.2) is 47.7 Å². The maximum Gasteiger partial charge on any atom is 0.223 e. The van der Waals surface area contributed by atoms with Gasteiger partial charge >= 0.3 is 0 Å². The molecule has 0 spiro atoms. The van der Waals surface area contributed by atoms with Crippen LogP contribution in [0.5, 0.6) is 0 Å². The average molecular weight is 363 g/mol. The van der Waals surface area contributed by atoms with Crippen molar-refractivity contribution in [1.82, 2.24) is 25.9 Å². The molecule has 8 nitrogen and oxygen atoms in total. The minimum atomic E-state index is 0.110. The van der Waals surface area contributed by atoms with Gasteiger partial charge in [0.15, 0.2) is 6.19 Å². The van der Waals surface area contributed by atoms with Crippen LogP contribution >= 0.6 is 11.8 Å². The van der Waals surface area contributed by atoms with Crippen LogP contribution in [0, 0.1) is 30.2 Å². The molecule has 4 N–H and O–H groups in total. The largest absolute Gasteiger partial charge is 0.354 e. The Bertz CT molecular complexity index is 664. The highest BCUT2D eigenvalue weighted by Gasteiger charge is 2.38. The highest BCUT2D eigenvalue weighted by atomic mass is 32.2. The fourth-order valence-electron chi connectivity index (χ4n) is 2.47. The van der Waals surface area contributed by atoms with E-state index in [1.54, 1.807) is 11.8 Å². The molecular formula is C16H25N7OS. The Morgan fingerprint density at radius 3 is 2.80 bits per heavy atom. The van der Waals surface area contributed by atoms with Crippen molar-refractivity contribution in [2.45, 2.75) is 31.7 Å². The molecule has 9 heteroatoms. The number of aryl methyl sites for hydroxylation is 1. The number of carbonyl (C=O) groups is 1. The molecule has 1 heterocycles. The van der Waals surface area contributed by atoms with Gasteiger partial charge in [-0.1, -0.05) is 6.92 Å². The lowest BCUT2D eigenvalue weighted by atomic mass is 10.3. The van der Waals surface area contributed by atoms with E-state index in [1.165, 1.54) is 0 Å². The molecule has 136 valence electrons. The van der Waals surface area contributed by atoms with Crippen molar-refractivity contribution in [2.75, 3.05) is 25.9 Å². The van der Waals surface area contributed by atoms with E-state index in [9.17, 15) is 4.79 Å². The molecule has 1 fully saturated rings. The molecule has 1 aromatic rings. The summed E-state index contributed by atoms with van der Waals surface area (Å²) >= 11 is 1.61. The molecule has 0 bridgehead atoms. The third-order valence-corrected chi connectivity index (χ3v) is 4.82. The minimum absolute atomic E-state index is 0.110. The van der Waals surface area contributed by atoms with Crippen LogP contribution in [0.4, 0.5) is 0 Å². The van der Waals surface area contributed by atoms with Crippen molar-refractivity contribution in [2.24, 2.45) is 16.8 Å². The quantitative estimate of drug-likeness (QED) is 0.135. The highest BCUT2D eigenvalue weighted by molar-refractivity contribution is 7.98. The normalized spacial score (nSPS) is 19.2. The molecule has 0 aromatic carbocycles. The Hall–Kier alpha value is -2.21. The predicted octanol–water partition coefficient (Wildman–Crippen LogP) is 0.771. The number of thioether (sulfide) groups is 1. The van der Waals surface area contributed by atoms with Crippen LogP contribution in [0.3, 0.4) is 0 Å². The average Bonchev–Trinajstić information content (AvgIpc) is 3.21. The second kappa shape index (κ2) is 9.32. The van der Waals surface area contributed by atoms with Crippen molar-refractivity contribution in [3.8, 4) is 6.19 Å². The molecule has 0 radical (unpaired) electrons. The van der Waals surface area contributed by atoms with Gasteiger partial charge in [0, 0.05) is 37.7 Å². The van der Waals surface area contributed by atoms with Crippen LogP contribution in [0.15, 0.2) is 10.0 Å². The van der Waals surface area contributed by atoms with Crippen LogP contribution in [0.1, 0.15) is 24.9 Å². The molecular weight excluding hydrogens is 338 g/mol. The summed E-state index contributed by atoms with van der Waals surface area (Å²) < 4.78 is 0. The van der Waals surface area contributed by atoms with Gasteiger partial charge in [-0.25, -0.2) is 4.98 Å². The van der Waals surface area contributed by atoms with Crippen molar-refractivity contribution < 1.29 is 4.79 Å². The number of imidazole rings is 1. The molecule has 0 saturated heterocycles. The molecule has 2 rings (SSSR count). The summed E-state index contributed by atoms with van der Waals surface area (Å²) in [6.07, 6.45) is 5.50. The zero-order chi connectivity index (χ0) is 18.2. The number of rotatable bonds is 8. The lowest BCUT2D eigenvalue weighted by Crippen LogP contribution is -2.40. The summed E-state index contributed by atoms with van der Waals surface area (Å²) in [5, 5.41) is 18.2. The molecule has 1 saturated carbocycles. The highest BCUT2D eigenvalue weighted by Crippen LogP contribution is 2.37. The second-order valence-corrected chi connectivity index (χ2v) is 6.87. The molecule has 1 amide bonds. The minimum Gasteiger partial charge on any atom is -0.354 e. The fourth-order valence-corrected chi connectivity index (χ4v) is 3.03. The van der Waals surface area contributed by atoms with Crippen molar-refractivity contribution >= 4 is 23.6 Å². The monoisotopic (exact) mass is 363 g/mol. The van der Waals surface area contributed by atoms with Gasteiger partial charge in [-0.05, 0) is 25.5 Å². The van der Waals surface area contributed by atoms with E-state index in [-0.39, 0.29) is 11.8 Å². The van der Waals surface area contributed by atoms with E-state index >= 15 is 0 Å². The Morgan fingerprint density at radius 2 is 2.20 bits per heavy atom. The number of aromatic nitrogens is 2. The first-order valence-corrected chi connectivity index (χ1v) is 9.58. The SMILES string of the molecule is CSc1nc(CCN=C(NC#N)NCCNC(=O)C2CC2C)[nH]c1C. The third-order valence-electron chi connectivity index (χ3n) is 4.04. The van der Waals surface area contributed by atoms with Gasteiger partial charge in [0.05, 0.1) is 0 Å². The summed E-state index contributed by atoms with van der Waals surface area (Å²) in [5.74, 6) is 2.08. The molecule has 1 aliphatic rings. The smallest absolute Gasteiger partial charge is 0.223 e. The van der Waals surface area contributed by atoms with Crippen LogP contribution < -0.4 is 16.0 Å². The Labute approximate surface area is 152 Å². The molecule has 1 aliphatic carbocycles. The third kappa shape index (κ3) is 5.98. The Morgan fingerprint density at radius 1 is 1.48 bits per heavy atom. The van der Waals surface area contributed by atoms with Gasteiger partial charge in [-0.15, -0.1) is 11.8 Å². The number of hydrogen-bond donors (Lipinski definition) is 4. The topological polar surface area (TPSA) is 118 Å².